The number of halogens is 4. The Bertz CT molecular complexity index is 1300. The van der Waals surface area contributed by atoms with Gasteiger partial charge in [0, 0.05) is 24.2 Å². The molecule has 0 aliphatic carbocycles. The molecule has 0 radical (unpaired) electrons. The van der Waals surface area contributed by atoms with E-state index < -0.39 is 25.2 Å². The number of carbonyl (C=O) groups excluding carboxylic acids is 1. The molecule has 1 atom stereocenters. The number of hydrazone groups is 1. The number of carbonyl (C=O) groups is 1. The maximum atomic E-state index is 13.6. The first-order chi connectivity index (χ1) is 17.2. The van der Waals surface area contributed by atoms with Crippen molar-refractivity contribution in [3.8, 4) is 11.5 Å². The van der Waals surface area contributed by atoms with E-state index in [0.717, 1.165) is 5.56 Å². The minimum Gasteiger partial charge on any atom is -0.435 e. The summed E-state index contributed by atoms with van der Waals surface area (Å²) in [5, 5.41) is 5.89. The van der Waals surface area contributed by atoms with Crippen molar-refractivity contribution in [3.63, 3.8) is 0 Å². The Kier molecular flexibility index (Phi) is 6.03. The molecular weight excluding hydrogens is 478 g/mol. The zero-order valence-corrected chi connectivity index (χ0v) is 19.1. The molecule has 3 aromatic carbocycles. The highest BCUT2D eigenvalue weighted by Gasteiger charge is 2.40. The van der Waals surface area contributed by atoms with Crippen LogP contribution in [0.3, 0.4) is 0 Å². The molecule has 2 aliphatic heterocycles. The fourth-order valence-electron chi connectivity index (χ4n) is 4.35. The van der Waals surface area contributed by atoms with Gasteiger partial charge in [-0.2, -0.15) is 22.7 Å². The summed E-state index contributed by atoms with van der Waals surface area (Å²) in [5.74, 6) is -0.158. The normalized spacial score (nSPS) is 18.0. The van der Waals surface area contributed by atoms with Crippen LogP contribution in [-0.2, 0) is 6.42 Å². The van der Waals surface area contributed by atoms with Gasteiger partial charge in [0.15, 0.2) is 0 Å². The minimum atomic E-state index is -3.27. The highest BCUT2D eigenvalue weighted by atomic mass is 19.3. The number of hydrogen-bond donors (Lipinski definition) is 0. The van der Waals surface area contributed by atoms with Gasteiger partial charge in [0.1, 0.15) is 11.5 Å². The molecule has 1 unspecified atom stereocenters. The number of fused-ring (bicyclic) bond motifs is 1. The number of rotatable bonds is 5. The number of benzene rings is 3. The van der Waals surface area contributed by atoms with Crippen LogP contribution < -0.4 is 14.4 Å². The predicted molar refractivity (Wildman–Crippen MR) is 125 cm³/mol. The van der Waals surface area contributed by atoms with Gasteiger partial charge >= 0.3 is 18.8 Å². The summed E-state index contributed by atoms with van der Waals surface area (Å²) in [6.45, 7) is -2.69. The minimum absolute atomic E-state index is 0.0161. The van der Waals surface area contributed by atoms with Crippen molar-refractivity contribution in [2.45, 2.75) is 25.1 Å². The molecular formula is C26H21F4N3O3. The third kappa shape index (κ3) is 4.71. The Hall–Kier alpha value is -4.08. The van der Waals surface area contributed by atoms with E-state index in [9.17, 15) is 22.4 Å². The number of ether oxygens (including phenoxy) is 2. The lowest BCUT2D eigenvalue weighted by Crippen LogP contribution is -2.37. The molecule has 36 heavy (non-hydrogen) atoms. The number of alkyl halides is 4. The Morgan fingerprint density at radius 2 is 1.83 bits per heavy atom. The molecule has 5 rings (SSSR count). The van der Waals surface area contributed by atoms with E-state index in [1.807, 2.05) is 30.3 Å². The predicted octanol–water partition coefficient (Wildman–Crippen LogP) is 5.88. The lowest BCUT2D eigenvalue weighted by atomic mass is 9.90. The van der Waals surface area contributed by atoms with Crippen LogP contribution in [0.5, 0.6) is 11.5 Å². The summed E-state index contributed by atoms with van der Waals surface area (Å²) in [6.07, 6.45) is -3.83. The van der Waals surface area contributed by atoms with Gasteiger partial charge in [0.2, 0.25) is 0 Å². The van der Waals surface area contributed by atoms with E-state index in [2.05, 4.69) is 14.6 Å². The van der Waals surface area contributed by atoms with Crippen LogP contribution in [0.1, 0.15) is 22.6 Å². The van der Waals surface area contributed by atoms with Gasteiger partial charge in [-0.05, 0) is 53.6 Å². The Balaban J connectivity index is 1.42. The van der Waals surface area contributed by atoms with E-state index in [4.69, 9.17) is 0 Å². The van der Waals surface area contributed by atoms with Crippen LogP contribution in [-0.4, -0.2) is 43.1 Å². The molecule has 10 heteroatoms. The zero-order chi connectivity index (χ0) is 25.4. The van der Waals surface area contributed by atoms with Gasteiger partial charge in [0.05, 0.1) is 18.7 Å². The van der Waals surface area contributed by atoms with Gasteiger partial charge in [0.25, 0.3) is 0 Å². The molecule has 0 bridgehead atoms. The van der Waals surface area contributed by atoms with Gasteiger partial charge in [-0.15, -0.1) is 0 Å². The molecule has 0 spiro atoms. The first kappa shape index (κ1) is 23.7. The molecule has 6 nitrogen and oxygen atoms in total. The molecule has 0 saturated heterocycles. The molecule has 0 N–H and O–H groups in total. The van der Waals surface area contributed by atoms with E-state index >= 15 is 0 Å². The lowest BCUT2D eigenvalue weighted by Gasteiger charge is -2.23. The van der Waals surface area contributed by atoms with Crippen LogP contribution in [0, 0.1) is 0 Å². The van der Waals surface area contributed by atoms with Crippen molar-refractivity contribution in [3.05, 3.63) is 89.5 Å². The monoisotopic (exact) mass is 499 g/mol. The molecule has 186 valence electrons. The van der Waals surface area contributed by atoms with Crippen LogP contribution in [0.15, 0.2) is 77.9 Å². The van der Waals surface area contributed by atoms with Crippen molar-refractivity contribution in [1.82, 2.24) is 5.01 Å². The Morgan fingerprint density at radius 3 is 2.53 bits per heavy atom. The fraction of sp³-hybridized carbons (Fsp3) is 0.231. The topological polar surface area (TPSA) is 54.4 Å². The van der Waals surface area contributed by atoms with Gasteiger partial charge in [-0.3, -0.25) is 4.90 Å². The van der Waals surface area contributed by atoms with Gasteiger partial charge in [-0.25, -0.2) is 9.80 Å². The molecule has 2 amide bonds. The largest absolute Gasteiger partial charge is 0.435 e. The van der Waals surface area contributed by atoms with E-state index in [1.165, 1.54) is 40.2 Å². The smallest absolute Gasteiger partial charge is 0.402 e. The number of nitrogens with zero attached hydrogens (tertiary/aromatic N) is 3. The third-order valence-corrected chi connectivity index (χ3v) is 6.09. The number of hydrogen-bond acceptors (Lipinski definition) is 4. The van der Waals surface area contributed by atoms with Crippen molar-refractivity contribution < 1.29 is 31.8 Å². The molecule has 0 saturated carbocycles. The van der Waals surface area contributed by atoms with Crippen molar-refractivity contribution in [1.29, 1.82) is 0 Å². The van der Waals surface area contributed by atoms with E-state index in [0.29, 0.717) is 22.5 Å². The summed E-state index contributed by atoms with van der Waals surface area (Å²) in [7, 11) is 1.54. The first-order valence-corrected chi connectivity index (χ1v) is 11.1. The summed E-state index contributed by atoms with van der Waals surface area (Å²) in [4.78, 5) is 14.7. The second-order valence-corrected chi connectivity index (χ2v) is 8.48. The quantitative estimate of drug-likeness (QED) is 0.413. The molecule has 0 aromatic heterocycles. The summed E-state index contributed by atoms with van der Waals surface area (Å²) in [5.41, 5.74) is 2.91. The second-order valence-electron chi connectivity index (χ2n) is 8.48. The van der Waals surface area contributed by atoms with Crippen molar-refractivity contribution in [2.24, 2.45) is 5.10 Å². The van der Waals surface area contributed by atoms with E-state index in [1.54, 1.807) is 19.2 Å². The molecule has 0 fully saturated rings. The maximum Gasteiger partial charge on any atom is 0.402 e. The average Bonchev–Trinajstić information content (AvgIpc) is 3.43. The van der Waals surface area contributed by atoms with Crippen LogP contribution in [0.25, 0.3) is 0 Å². The Morgan fingerprint density at radius 1 is 1.11 bits per heavy atom. The number of amides is 2. The van der Waals surface area contributed by atoms with Gasteiger partial charge < -0.3 is 9.47 Å². The number of anilines is 1. The maximum absolute atomic E-state index is 13.6. The summed E-state index contributed by atoms with van der Waals surface area (Å²) < 4.78 is 61.3. The fourth-order valence-corrected chi connectivity index (χ4v) is 4.35. The third-order valence-electron chi connectivity index (χ3n) is 6.09. The molecule has 2 heterocycles. The van der Waals surface area contributed by atoms with Crippen LogP contribution >= 0.6 is 0 Å². The molecule has 3 aromatic rings. The van der Waals surface area contributed by atoms with Gasteiger partial charge in [-0.1, -0.05) is 30.3 Å². The van der Waals surface area contributed by atoms with Crippen molar-refractivity contribution in [2.75, 3.05) is 18.5 Å². The molecule has 2 aliphatic rings. The van der Waals surface area contributed by atoms with Crippen LogP contribution in [0.4, 0.5) is 28.0 Å². The van der Waals surface area contributed by atoms with E-state index in [-0.39, 0.29) is 24.0 Å². The standard InChI is InChI=1S/C26H21F4N3O3/c1-32(19-9-12-22-18(13-19)14-26(29,30)36-22)25(34)33-15-21(16-5-3-2-4-6-16)23(31-33)17-7-10-20(11-8-17)35-24(27)28/h2-13,21,24H,14-15H2,1H3. The zero-order valence-electron chi connectivity index (χ0n) is 19.1. The second kappa shape index (κ2) is 9.18. The SMILES string of the molecule is CN(C(=O)N1CC(c2ccccc2)C(c2ccc(OC(F)F)cc2)=N1)c1ccc2c(c1)CC(F)(F)O2. The summed E-state index contributed by atoms with van der Waals surface area (Å²) >= 11 is 0. The average molecular weight is 499 g/mol. The number of urea groups is 1. The summed E-state index contributed by atoms with van der Waals surface area (Å²) in [6, 6.07) is 19.6. The highest BCUT2D eigenvalue weighted by molar-refractivity contribution is 6.08. The van der Waals surface area contributed by atoms with Crippen LogP contribution in [0.2, 0.25) is 0 Å². The Labute approximate surface area is 204 Å². The first-order valence-electron chi connectivity index (χ1n) is 11.1. The highest BCUT2D eigenvalue weighted by Crippen LogP contribution is 2.39. The lowest BCUT2D eigenvalue weighted by molar-refractivity contribution is -0.159. The van der Waals surface area contributed by atoms with Crippen molar-refractivity contribution >= 4 is 17.4 Å².